The molecule has 26 heavy (non-hydrogen) atoms. The van der Waals surface area contributed by atoms with Gasteiger partial charge in [-0.3, -0.25) is 9.78 Å². The molecule has 1 aliphatic heterocycles. The molecule has 5 heteroatoms. The maximum atomic E-state index is 13.0. The van der Waals surface area contributed by atoms with Gasteiger partial charge in [-0.2, -0.15) is 0 Å². The van der Waals surface area contributed by atoms with Crippen molar-refractivity contribution in [3.63, 3.8) is 0 Å². The van der Waals surface area contributed by atoms with E-state index in [-0.39, 0.29) is 5.91 Å². The number of para-hydroxylation sites is 2. The fraction of sp³-hybridized carbons (Fsp3) is 0.238. The maximum Gasteiger partial charge on any atom is 0.244 e. The number of hydrogen-bond acceptors (Lipinski definition) is 4. The predicted molar refractivity (Wildman–Crippen MR) is 102 cm³/mol. The highest BCUT2D eigenvalue weighted by Crippen LogP contribution is 2.32. The fourth-order valence-electron chi connectivity index (χ4n) is 3.58. The number of methoxy groups -OCH3 is 1. The first-order valence-electron chi connectivity index (χ1n) is 8.74. The van der Waals surface area contributed by atoms with Crippen molar-refractivity contribution in [3.8, 4) is 5.75 Å². The second kappa shape index (κ2) is 6.77. The lowest BCUT2D eigenvalue weighted by atomic mass is 10.1. The van der Waals surface area contributed by atoms with Crippen molar-refractivity contribution in [2.45, 2.75) is 25.4 Å². The Bertz CT molecular complexity index is 970. The van der Waals surface area contributed by atoms with Gasteiger partial charge in [-0.1, -0.05) is 36.4 Å². The normalized spacial score (nSPS) is 17.1. The van der Waals surface area contributed by atoms with E-state index in [4.69, 9.17) is 10.5 Å². The summed E-state index contributed by atoms with van der Waals surface area (Å²) in [5, 5.41) is 0.981. The van der Waals surface area contributed by atoms with Crippen molar-refractivity contribution >= 4 is 22.5 Å². The Labute approximate surface area is 152 Å². The highest BCUT2D eigenvalue weighted by Gasteiger charge is 2.29. The number of rotatable bonds is 3. The van der Waals surface area contributed by atoms with Crippen LogP contribution in [0.4, 0.5) is 5.69 Å². The molecule has 0 saturated carbocycles. The maximum absolute atomic E-state index is 13.0. The Hall–Kier alpha value is -2.92. The minimum atomic E-state index is -0.499. The summed E-state index contributed by atoms with van der Waals surface area (Å²) in [7, 11) is 1.62. The summed E-state index contributed by atoms with van der Waals surface area (Å²) in [6.45, 7) is 0.399. The average Bonchev–Trinajstić information content (AvgIpc) is 2.80. The van der Waals surface area contributed by atoms with E-state index < -0.39 is 6.04 Å². The van der Waals surface area contributed by atoms with E-state index >= 15 is 0 Å². The standard InChI is InChI=1S/C21H21N3O2/c1-26-20-12-23-18-8-4-3-7-15(18)16(20)13-24-19-9-5-2-6-14(19)10-11-17(22)21(24)25/h2-9,12,17H,10-11,13,22H2,1H3. The summed E-state index contributed by atoms with van der Waals surface area (Å²) < 4.78 is 5.54. The van der Waals surface area contributed by atoms with Crippen molar-refractivity contribution in [1.82, 2.24) is 4.98 Å². The number of anilines is 1. The summed E-state index contributed by atoms with van der Waals surface area (Å²) in [5.74, 6) is 0.615. The van der Waals surface area contributed by atoms with E-state index in [2.05, 4.69) is 11.1 Å². The van der Waals surface area contributed by atoms with Gasteiger partial charge in [0.15, 0.2) is 0 Å². The van der Waals surface area contributed by atoms with E-state index in [9.17, 15) is 4.79 Å². The van der Waals surface area contributed by atoms with Crippen LogP contribution in [0.3, 0.4) is 0 Å². The Balaban J connectivity index is 1.86. The lowest BCUT2D eigenvalue weighted by Gasteiger charge is -2.26. The van der Waals surface area contributed by atoms with Crippen molar-refractivity contribution in [3.05, 3.63) is 65.9 Å². The summed E-state index contributed by atoms with van der Waals surface area (Å²) in [6, 6.07) is 15.4. The van der Waals surface area contributed by atoms with Crippen LogP contribution in [-0.4, -0.2) is 24.0 Å². The van der Waals surface area contributed by atoms with Crippen LogP contribution in [0.25, 0.3) is 10.9 Å². The van der Waals surface area contributed by atoms with Crippen LogP contribution in [0.2, 0.25) is 0 Å². The van der Waals surface area contributed by atoms with Gasteiger partial charge in [-0.05, 0) is 30.5 Å². The number of amides is 1. The number of nitrogens with zero attached hydrogens (tertiary/aromatic N) is 2. The van der Waals surface area contributed by atoms with E-state index in [0.29, 0.717) is 18.7 Å². The number of benzene rings is 2. The van der Waals surface area contributed by atoms with Crippen molar-refractivity contribution < 1.29 is 9.53 Å². The van der Waals surface area contributed by atoms with Crippen molar-refractivity contribution in [2.75, 3.05) is 12.0 Å². The molecular weight excluding hydrogens is 326 g/mol. The van der Waals surface area contributed by atoms with Gasteiger partial charge < -0.3 is 15.4 Å². The van der Waals surface area contributed by atoms with Gasteiger partial charge in [0.2, 0.25) is 5.91 Å². The number of fused-ring (bicyclic) bond motifs is 2. The Morgan fingerprint density at radius 2 is 1.96 bits per heavy atom. The molecule has 0 bridgehead atoms. The molecule has 1 amide bonds. The second-order valence-electron chi connectivity index (χ2n) is 6.52. The minimum absolute atomic E-state index is 0.0575. The lowest BCUT2D eigenvalue weighted by molar-refractivity contribution is -0.120. The van der Waals surface area contributed by atoms with E-state index in [0.717, 1.165) is 34.1 Å². The molecule has 0 spiro atoms. The van der Waals surface area contributed by atoms with Gasteiger partial charge in [0.1, 0.15) is 5.75 Å². The first-order valence-corrected chi connectivity index (χ1v) is 8.74. The summed E-state index contributed by atoms with van der Waals surface area (Å²) >= 11 is 0. The number of aryl methyl sites for hydroxylation is 1. The minimum Gasteiger partial charge on any atom is -0.495 e. The zero-order valence-corrected chi connectivity index (χ0v) is 14.7. The van der Waals surface area contributed by atoms with Crippen molar-refractivity contribution in [1.29, 1.82) is 0 Å². The molecule has 1 aromatic heterocycles. The SMILES string of the molecule is COc1cnc2ccccc2c1CN1C(=O)C(N)CCc2ccccc21. The third kappa shape index (κ3) is 2.80. The molecule has 1 unspecified atom stereocenters. The topological polar surface area (TPSA) is 68.5 Å². The first-order chi connectivity index (χ1) is 12.7. The highest BCUT2D eigenvalue weighted by molar-refractivity contribution is 5.99. The molecule has 5 nitrogen and oxygen atoms in total. The van der Waals surface area contributed by atoms with Crippen LogP contribution in [0.1, 0.15) is 17.5 Å². The van der Waals surface area contributed by atoms with Gasteiger partial charge in [0, 0.05) is 16.6 Å². The smallest absolute Gasteiger partial charge is 0.244 e. The monoisotopic (exact) mass is 347 g/mol. The molecule has 0 radical (unpaired) electrons. The molecular formula is C21H21N3O2. The second-order valence-corrected chi connectivity index (χ2v) is 6.52. The fourth-order valence-corrected chi connectivity index (χ4v) is 3.58. The van der Waals surface area contributed by atoms with Crippen LogP contribution in [0, 0.1) is 0 Å². The Kier molecular flexibility index (Phi) is 4.31. The Morgan fingerprint density at radius 1 is 1.19 bits per heavy atom. The van der Waals surface area contributed by atoms with Gasteiger partial charge in [-0.25, -0.2) is 0 Å². The van der Waals surface area contributed by atoms with Crippen LogP contribution >= 0.6 is 0 Å². The predicted octanol–water partition coefficient (Wildman–Crippen LogP) is 3.05. The molecule has 0 aliphatic carbocycles. The van der Waals surface area contributed by atoms with Crippen LogP contribution in [0.15, 0.2) is 54.7 Å². The zero-order chi connectivity index (χ0) is 18.1. The lowest BCUT2D eigenvalue weighted by Crippen LogP contribution is -2.42. The van der Waals surface area contributed by atoms with Gasteiger partial charge >= 0.3 is 0 Å². The quantitative estimate of drug-likeness (QED) is 0.791. The third-order valence-electron chi connectivity index (χ3n) is 4.97. The highest BCUT2D eigenvalue weighted by atomic mass is 16.5. The molecule has 0 saturated heterocycles. The van der Waals surface area contributed by atoms with E-state index in [1.165, 1.54) is 0 Å². The number of aromatic nitrogens is 1. The van der Waals surface area contributed by atoms with E-state index in [1.807, 2.05) is 42.5 Å². The summed E-state index contributed by atoms with van der Waals surface area (Å²) in [5.41, 5.74) is 10.0. The molecule has 2 aromatic carbocycles. The van der Waals surface area contributed by atoms with Crippen molar-refractivity contribution in [2.24, 2.45) is 5.73 Å². The number of carbonyl (C=O) groups excluding carboxylic acids is 1. The number of hydrogen-bond donors (Lipinski definition) is 1. The van der Waals surface area contributed by atoms with Gasteiger partial charge in [0.25, 0.3) is 0 Å². The summed E-state index contributed by atoms with van der Waals surface area (Å²) in [6.07, 6.45) is 3.17. The van der Waals surface area contributed by atoms with Crippen LogP contribution in [-0.2, 0) is 17.8 Å². The average molecular weight is 347 g/mol. The molecule has 2 heterocycles. The molecule has 1 aliphatic rings. The number of carbonyl (C=O) groups is 1. The zero-order valence-electron chi connectivity index (χ0n) is 14.7. The van der Waals surface area contributed by atoms with Crippen LogP contribution < -0.4 is 15.4 Å². The van der Waals surface area contributed by atoms with Crippen LogP contribution in [0.5, 0.6) is 5.75 Å². The number of nitrogens with two attached hydrogens (primary N) is 1. The number of pyridine rings is 1. The molecule has 3 aromatic rings. The number of ether oxygens (including phenoxy) is 1. The van der Waals surface area contributed by atoms with Gasteiger partial charge in [-0.15, -0.1) is 0 Å². The van der Waals surface area contributed by atoms with E-state index in [1.54, 1.807) is 18.2 Å². The summed E-state index contributed by atoms with van der Waals surface area (Å²) in [4.78, 5) is 19.2. The molecule has 4 rings (SSSR count). The third-order valence-corrected chi connectivity index (χ3v) is 4.97. The molecule has 0 fully saturated rings. The largest absolute Gasteiger partial charge is 0.495 e. The molecule has 132 valence electrons. The van der Waals surface area contributed by atoms with Gasteiger partial charge in [0.05, 0.1) is 31.4 Å². The first kappa shape index (κ1) is 16.5. The molecule has 1 atom stereocenters. The Morgan fingerprint density at radius 3 is 2.81 bits per heavy atom. The molecule has 2 N–H and O–H groups in total.